The number of carbonyl (C=O) groups excluding carboxylic acids is 2. The second-order valence-electron chi connectivity index (χ2n) is 8.20. The number of fused-ring (bicyclic) bond motifs is 1. The summed E-state index contributed by atoms with van der Waals surface area (Å²) in [6.45, 7) is 7.51. The molecule has 5 nitrogen and oxygen atoms in total. The molecule has 2 unspecified atom stereocenters. The Bertz CT molecular complexity index is 699. The van der Waals surface area contributed by atoms with Gasteiger partial charge in [0.2, 0.25) is 11.8 Å². The monoisotopic (exact) mass is 378 g/mol. The molecule has 0 saturated carbocycles. The summed E-state index contributed by atoms with van der Waals surface area (Å²) in [4.78, 5) is 27.2. The summed E-state index contributed by atoms with van der Waals surface area (Å²) >= 11 is 6.21. The summed E-state index contributed by atoms with van der Waals surface area (Å²) in [6.07, 6.45) is 2.39. The van der Waals surface area contributed by atoms with Gasteiger partial charge in [-0.25, -0.2) is 0 Å². The maximum absolute atomic E-state index is 12.9. The first kappa shape index (κ1) is 19.0. The van der Waals surface area contributed by atoms with E-state index in [9.17, 15) is 9.59 Å². The van der Waals surface area contributed by atoms with Gasteiger partial charge in [-0.05, 0) is 18.9 Å². The van der Waals surface area contributed by atoms with Crippen LogP contribution < -0.4 is 10.1 Å². The number of para-hydroxylation sites is 1. The lowest BCUT2D eigenvalue weighted by molar-refractivity contribution is -0.143. The highest BCUT2D eigenvalue weighted by molar-refractivity contribution is 6.32. The first-order valence-electron chi connectivity index (χ1n) is 9.28. The van der Waals surface area contributed by atoms with Crippen LogP contribution in [0.25, 0.3) is 0 Å². The van der Waals surface area contributed by atoms with Crippen LogP contribution in [0.5, 0.6) is 5.75 Å². The number of rotatable bonds is 2. The van der Waals surface area contributed by atoms with E-state index in [1.54, 1.807) is 6.07 Å². The van der Waals surface area contributed by atoms with Crippen LogP contribution in [0.15, 0.2) is 18.2 Å². The Morgan fingerprint density at radius 2 is 2.04 bits per heavy atom. The predicted octanol–water partition coefficient (Wildman–Crippen LogP) is 3.56. The normalized spacial score (nSPS) is 23.0. The Labute approximate surface area is 160 Å². The number of piperidine rings is 1. The molecule has 142 valence electrons. The van der Waals surface area contributed by atoms with Gasteiger partial charge >= 0.3 is 0 Å². The summed E-state index contributed by atoms with van der Waals surface area (Å²) in [5.74, 6) is 0.617. The fraction of sp³-hybridized carbons (Fsp3) is 0.600. The van der Waals surface area contributed by atoms with Gasteiger partial charge in [-0.15, -0.1) is 0 Å². The van der Waals surface area contributed by atoms with E-state index in [2.05, 4.69) is 5.32 Å². The number of ether oxygens (including phenoxy) is 1. The van der Waals surface area contributed by atoms with Gasteiger partial charge in [-0.2, -0.15) is 0 Å². The predicted molar refractivity (Wildman–Crippen MR) is 101 cm³/mol. The molecule has 2 aliphatic heterocycles. The average molecular weight is 379 g/mol. The number of hydrogen-bond acceptors (Lipinski definition) is 3. The third-order valence-electron chi connectivity index (χ3n) is 5.06. The minimum absolute atomic E-state index is 0.00855. The van der Waals surface area contributed by atoms with Crippen molar-refractivity contribution in [3.8, 4) is 5.75 Å². The fourth-order valence-corrected chi connectivity index (χ4v) is 3.91. The Balaban J connectivity index is 1.68. The van der Waals surface area contributed by atoms with Crippen molar-refractivity contribution < 1.29 is 14.3 Å². The lowest BCUT2D eigenvalue weighted by atomic mass is 9.90. The van der Waals surface area contributed by atoms with E-state index < -0.39 is 5.41 Å². The van der Waals surface area contributed by atoms with Crippen LogP contribution in [0.2, 0.25) is 5.02 Å². The summed E-state index contributed by atoms with van der Waals surface area (Å²) < 4.78 is 5.66. The zero-order chi connectivity index (χ0) is 18.9. The first-order valence-corrected chi connectivity index (χ1v) is 9.66. The molecule has 0 spiro atoms. The van der Waals surface area contributed by atoms with Crippen LogP contribution >= 0.6 is 11.6 Å². The van der Waals surface area contributed by atoms with E-state index in [0.29, 0.717) is 23.9 Å². The van der Waals surface area contributed by atoms with Gasteiger partial charge in [0.05, 0.1) is 23.6 Å². The minimum atomic E-state index is -0.422. The van der Waals surface area contributed by atoms with E-state index in [1.165, 1.54) is 0 Å². The van der Waals surface area contributed by atoms with Crippen molar-refractivity contribution in [2.75, 3.05) is 19.7 Å². The molecule has 26 heavy (non-hydrogen) atoms. The van der Waals surface area contributed by atoms with Crippen molar-refractivity contribution in [1.29, 1.82) is 0 Å². The smallest absolute Gasteiger partial charge is 0.227 e. The van der Waals surface area contributed by atoms with Gasteiger partial charge in [-0.3, -0.25) is 9.59 Å². The molecule has 1 N–H and O–H groups in total. The number of hydrogen-bond donors (Lipinski definition) is 1. The third-order valence-corrected chi connectivity index (χ3v) is 5.36. The molecule has 0 aliphatic carbocycles. The zero-order valence-corrected chi connectivity index (χ0v) is 16.4. The van der Waals surface area contributed by atoms with Crippen molar-refractivity contribution in [2.24, 2.45) is 11.3 Å². The molecule has 0 radical (unpaired) electrons. The third kappa shape index (κ3) is 3.98. The van der Waals surface area contributed by atoms with Crippen LogP contribution in [0.4, 0.5) is 0 Å². The standard InChI is InChI=1S/C20H27ClN2O3/c1-20(2,3)19(25)23-10-5-6-13(12-23)18(24)22-16-9-11-26-17-14(16)7-4-8-15(17)21/h4,7-8,13,16H,5-6,9-12H2,1-3H3,(H,22,24). The van der Waals surface area contributed by atoms with Crippen molar-refractivity contribution in [1.82, 2.24) is 10.2 Å². The molecule has 6 heteroatoms. The zero-order valence-electron chi connectivity index (χ0n) is 15.7. The van der Waals surface area contributed by atoms with E-state index in [4.69, 9.17) is 16.3 Å². The molecule has 1 saturated heterocycles. The van der Waals surface area contributed by atoms with Crippen LogP contribution in [-0.4, -0.2) is 36.4 Å². The lowest BCUT2D eigenvalue weighted by Crippen LogP contribution is -2.49. The fourth-order valence-electron chi connectivity index (χ4n) is 3.68. The van der Waals surface area contributed by atoms with Crippen LogP contribution in [0, 0.1) is 11.3 Å². The molecule has 2 amide bonds. The SMILES string of the molecule is CC(C)(C)C(=O)N1CCCC(C(=O)NC2CCOc3c(Cl)cccc32)C1. The van der Waals surface area contributed by atoms with Gasteiger partial charge in [0, 0.05) is 30.5 Å². The molecule has 0 aromatic heterocycles. The lowest BCUT2D eigenvalue weighted by Gasteiger charge is -2.36. The number of amides is 2. The van der Waals surface area contributed by atoms with Gasteiger partial charge in [0.25, 0.3) is 0 Å². The number of likely N-dealkylation sites (tertiary alicyclic amines) is 1. The first-order chi connectivity index (χ1) is 12.3. The Morgan fingerprint density at radius 3 is 2.77 bits per heavy atom. The molecule has 2 aliphatic rings. The van der Waals surface area contributed by atoms with E-state index in [-0.39, 0.29) is 23.8 Å². The molecule has 2 atom stereocenters. The van der Waals surface area contributed by atoms with Gasteiger partial charge < -0.3 is 15.0 Å². The van der Waals surface area contributed by atoms with Crippen LogP contribution in [0.1, 0.15) is 51.6 Å². The van der Waals surface area contributed by atoms with E-state index >= 15 is 0 Å². The van der Waals surface area contributed by atoms with E-state index in [0.717, 1.165) is 31.4 Å². The molecule has 1 fully saturated rings. The number of benzene rings is 1. The number of halogens is 1. The average Bonchev–Trinajstić information content (AvgIpc) is 2.61. The second-order valence-corrected chi connectivity index (χ2v) is 8.60. The molecular weight excluding hydrogens is 352 g/mol. The van der Waals surface area contributed by atoms with Crippen molar-refractivity contribution in [3.63, 3.8) is 0 Å². The Hall–Kier alpha value is -1.75. The molecule has 1 aromatic carbocycles. The molecule has 1 aromatic rings. The van der Waals surface area contributed by atoms with Crippen molar-refractivity contribution in [2.45, 2.75) is 46.1 Å². The summed E-state index contributed by atoms with van der Waals surface area (Å²) in [5.41, 5.74) is 0.505. The highest BCUT2D eigenvalue weighted by Gasteiger charge is 2.34. The number of nitrogens with one attached hydrogen (secondary N) is 1. The topological polar surface area (TPSA) is 58.6 Å². The maximum Gasteiger partial charge on any atom is 0.227 e. The molecule has 3 rings (SSSR count). The number of carbonyl (C=O) groups is 2. The quantitative estimate of drug-likeness (QED) is 0.855. The van der Waals surface area contributed by atoms with Gasteiger partial charge in [0.1, 0.15) is 5.75 Å². The Morgan fingerprint density at radius 1 is 1.27 bits per heavy atom. The second kappa shape index (κ2) is 7.47. The highest BCUT2D eigenvalue weighted by atomic mass is 35.5. The summed E-state index contributed by atoms with van der Waals surface area (Å²) in [7, 11) is 0. The van der Waals surface area contributed by atoms with E-state index in [1.807, 2.05) is 37.8 Å². The molecule has 2 heterocycles. The van der Waals surface area contributed by atoms with Crippen molar-refractivity contribution >= 4 is 23.4 Å². The van der Waals surface area contributed by atoms with Crippen molar-refractivity contribution in [3.05, 3.63) is 28.8 Å². The molecular formula is C20H27ClN2O3. The summed E-state index contributed by atoms with van der Waals surface area (Å²) in [5, 5.41) is 3.73. The molecule has 0 bridgehead atoms. The number of nitrogens with zero attached hydrogens (tertiary/aromatic N) is 1. The van der Waals surface area contributed by atoms with Crippen LogP contribution in [0.3, 0.4) is 0 Å². The van der Waals surface area contributed by atoms with Gasteiger partial charge in [0.15, 0.2) is 0 Å². The minimum Gasteiger partial charge on any atom is -0.492 e. The Kier molecular flexibility index (Phi) is 5.47. The highest BCUT2D eigenvalue weighted by Crippen LogP contribution is 2.37. The largest absolute Gasteiger partial charge is 0.492 e. The van der Waals surface area contributed by atoms with Gasteiger partial charge in [-0.1, -0.05) is 44.5 Å². The summed E-state index contributed by atoms with van der Waals surface area (Å²) in [6, 6.07) is 5.52. The van der Waals surface area contributed by atoms with Crippen LogP contribution in [-0.2, 0) is 9.59 Å². The maximum atomic E-state index is 12.9.